The number of rotatable bonds is 6. The number of benzene rings is 2. The summed E-state index contributed by atoms with van der Waals surface area (Å²) in [4.78, 5) is 13.5. The van der Waals surface area contributed by atoms with Crippen molar-refractivity contribution in [2.45, 2.75) is 31.5 Å². The second-order valence-corrected chi connectivity index (χ2v) is 9.55. The van der Waals surface area contributed by atoms with E-state index in [9.17, 15) is 4.79 Å². The highest BCUT2D eigenvalue weighted by Gasteiger charge is 2.36. The molecule has 6 rings (SSSR count). The lowest BCUT2D eigenvalue weighted by Gasteiger charge is -2.19. The number of amides is 1. The van der Waals surface area contributed by atoms with Crippen molar-refractivity contribution in [3.63, 3.8) is 0 Å². The lowest BCUT2D eigenvalue weighted by atomic mass is 10.1. The fourth-order valence-electron chi connectivity index (χ4n) is 4.44. The summed E-state index contributed by atoms with van der Waals surface area (Å²) in [5.41, 5.74) is 3.60. The Hall–Kier alpha value is -4.11. The average Bonchev–Trinajstić information content (AvgIpc) is 3.68. The highest BCUT2D eigenvalue weighted by Crippen LogP contribution is 2.35. The molecule has 0 aliphatic carbocycles. The maximum atomic E-state index is 13.5. The van der Waals surface area contributed by atoms with Crippen LogP contribution in [0.1, 0.15) is 35.4 Å². The topological polar surface area (TPSA) is 89.7 Å². The van der Waals surface area contributed by atoms with Crippen molar-refractivity contribution >= 4 is 34.3 Å². The Bertz CT molecular complexity index is 1550. The van der Waals surface area contributed by atoms with E-state index in [0.29, 0.717) is 28.8 Å². The van der Waals surface area contributed by atoms with E-state index >= 15 is 0 Å². The smallest absolute Gasteiger partial charge is 0.253 e. The molecule has 0 radical (unpaired) electrons. The highest BCUT2D eigenvalue weighted by atomic mass is 32.2. The van der Waals surface area contributed by atoms with Crippen molar-refractivity contribution in [1.29, 1.82) is 0 Å². The minimum Gasteiger partial charge on any atom is -0.467 e. The molecule has 1 aliphatic heterocycles. The van der Waals surface area contributed by atoms with Gasteiger partial charge in [0, 0.05) is 11.8 Å². The van der Waals surface area contributed by atoms with Gasteiger partial charge in [0.05, 0.1) is 17.7 Å². The van der Waals surface area contributed by atoms with Crippen molar-refractivity contribution in [3.05, 3.63) is 95.9 Å². The fourth-order valence-corrected chi connectivity index (χ4v) is 5.28. The van der Waals surface area contributed by atoms with Crippen molar-refractivity contribution < 1.29 is 13.6 Å². The van der Waals surface area contributed by atoms with Gasteiger partial charge >= 0.3 is 0 Å². The Balaban J connectivity index is 1.27. The molecule has 1 amide bonds. The van der Waals surface area contributed by atoms with Gasteiger partial charge in [-0.1, -0.05) is 48.2 Å². The van der Waals surface area contributed by atoms with Crippen molar-refractivity contribution in [2.24, 2.45) is 5.10 Å². The number of para-hydroxylation sites is 2. The lowest BCUT2D eigenvalue weighted by molar-refractivity contribution is -0.130. The minimum atomic E-state index is -0.340. The number of furan rings is 2. The fraction of sp³-hybridized carbons (Fsp3) is 0.185. The van der Waals surface area contributed by atoms with Crippen molar-refractivity contribution in [1.82, 2.24) is 19.8 Å². The van der Waals surface area contributed by atoms with Crippen LogP contribution in [0.3, 0.4) is 0 Å². The Morgan fingerprint density at radius 2 is 1.89 bits per heavy atom. The van der Waals surface area contributed by atoms with Gasteiger partial charge in [0.1, 0.15) is 28.9 Å². The van der Waals surface area contributed by atoms with E-state index in [1.807, 2.05) is 85.1 Å². The summed E-state index contributed by atoms with van der Waals surface area (Å²) < 4.78 is 13.7. The van der Waals surface area contributed by atoms with Crippen LogP contribution in [-0.2, 0) is 4.79 Å². The molecule has 0 spiro atoms. The molecule has 3 aromatic heterocycles. The third kappa shape index (κ3) is 4.01. The molecule has 36 heavy (non-hydrogen) atoms. The number of nitrogens with zero attached hydrogens (tertiary/aromatic N) is 5. The van der Waals surface area contributed by atoms with Crippen LogP contribution in [0.5, 0.6) is 0 Å². The normalized spacial score (nSPS) is 15.6. The van der Waals surface area contributed by atoms with Gasteiger partial charge < -0.3 is 8.83 Å². The number of hydrazone groups is 1. The van der Waals surface area contributed by atoms with Crippen LogP contribution < -0.4 is 0 Å². The number of hydrogen-bond donors (Lipinski definition) is 0. The Labute approximate surface area is 211 Å². The molecule has 1 unspecified atom stereocenters. The van der Waals surface area contributed by atoms with Gasteiger partial charge in [-0.15, -0.1) is 10.2 Å². The van der Waals surface area contributed by atoms with Crippen molar-refractivity contribution in [3.8, 4) is 5.69 Å². The summed E-state index contributed by atoms with van der Waals surface area (Å²) in [6, 6.07) is 21.2. The SMILES string of the molecule is Cc1ccccc1-n1c(C)nnc1SCC(=O)N1N=C(c2cc3ccccc3o2)CC1c1ccco1. The highest BCUT2D eigenvalue weighted by molar-refractivity contribution is 7.99. The summed E-state index contributed by atoms with van der Waals surface area (Å²) >= 11 is 1.34. The molecule has 8 nitrogen and oxygen atoms in total. The Kier molecular flexibility index (Phi) is 5.69. The first-order chi connectivity index (χ1) is 17.6. The third-order valence-corrected chi connectivity index (χ3v) is 7.14. The van der Waals surface area contributed by atoms with Gasteiger partial charge in [0.15, 0.2) is 10.9 Å². The third-order valence-electron chi connectivity index (χ3n) is 6.22. The molecule has 4 heterocycles. The van der Waals surface area contributed by atoms with Crippen LogP contribution in [0, 0.1) is 13.8 Å². The zero-order valence-electron chi connectivity index (χ0n) is 19.8. The van der Waals surface area contributed by atoms with Gasteiger partial charge in [0.2, 0.25) is 0 Å². The molecular weight excluding hydrogens is 474 g/mol. The van der Waals surface area contributed by atoms with Crippen LogP contribution in [0.2, 0.25) is 0 Å². The van der Waals surface area contributed by atoms with E-state index in [4.69, 9.17) is 13.9 Å². The first kappa shape index (κ1) is 22.4. The van der Waals surface area contributed by atoms with Crippen LogP contribution >= 0.6 is 11.8 Å². The number of thioether (sulfide) groups is 1. The number of hydrogen-bond acceptors (Lipinski definition) is 7. The van der Waals surface area contributed by atoms with E-state index in [0.717, 1.165) is 28.0 Å². The zero-order valence-corrected chi connectivity index (χ0v) is 20.6. The molecule has 0 N–H and O–H groups in total. The maximum Gasteiger partial charge on any atom is 0.253 e. The molecule has 0 fully saturated rings. The summed E-state index contributed by atoms with van der Waals surface area (Å²) in [5.74, 6) is 2.11. The predicted molar refractivity (Wildman–Crippen MR) is 137 cm³/mol. The van der Waals surface area contributed by atoms with Crippen molar-refractivity contribution in [2.75, 3.05) is 5.75 Å². The maximum absolute atomic E-state index is 13.5. The van der Waals surface area contributed by atoms with E-state index < -0.39 is 0 Å². The molecule has 0 saturated carbocycles. The number of aryl methyl sites for hydroxylation is 2. The number of aromatic nitrogens is 3. The molecule has 5 aromatic rings. The second kappa shape index (κ2) is 9.16. The van der Waals surface area contributed by atoms with Crippen LogP contribution in [0.25, 0.3) is 16.7 Å². The molecule has 2 aromatic carbocycles. The molecule has 1 aliphatic rings. The first-order valence-corrected chi connectivity index (χ1v) is 12.6. The second-order valence-electron chi connectivity index (χ2n) is 8.61. The molecule has 180 valence electrons. The number of carbonyl (C=O) groups is 1. The summed E-state index contributed by atoms with van der Waals surface area (Å²) in [6.07, 6.45) is 2.11. The van der Waals surface area contributed by atoms with Gasteiger partial charge in [-0.3, -0.25) is 9.36 Å². The molecule has 9 heteroatoms. The van der Waals surface area contributed by atoms with E-state index in [-0.39, 0.29) is 17.7 Å². The lowest BCUT2D eigenvalue weighted by Crippen LogP contribution is -2.28. The van der Waals surface area contributed by atoms with Gasteiger partial charge in [-0.2, -0.15) is 5.10 Å². The summed E-state index contributed by atoms with van der Waals surface area (Å²) in [7, 11) is 0. The molecule has 0 bridgehead atoms. The summed E-state index contributed by atoms with van der Waals surface area (Å²) in [5, 5.41) is 16.4. The Morgan fingerprint density at radius 3 is 2.69 bits per heavy atom. The minimum absolute atomic E-state index is 0.149. The van der Waals surface area contributed by atoms with Crippen LogP contribution in [0.15, 0.2) is 92.1 Å². The monoisotopic (exact) mass is 497 g/mol. The average molecular weight is 498 g/mol. The largest absolute Gasteiger partial charge is 0.467 e. The van der Waals surface area contributed by atoms with Gasteiger partial charge in [0.25, 0.3) is 5.91 Å². The number of fused-ring (bicyclic) bond motifs is 1. The molecule has 0 saturated heterocycles. The Morgan fingerprint density at radius 1 is 1.06 bits per heavy atom. The summed E-state index contributed by atoms with van der Waals surface area (Å²) in [6.45, 7) is 3.95. The zero-order chi connectivity index (χ0) is 24.6. The quantitative estimate of drug-likeness (QED) is 0.280. The van der Waals surface area contributed by atoms with E-state index in [1.165, 1.54) is 16.8 Å². The van der Waals surface area contributed by atoms with E-state index in [2.05, 4.69) is 10.2 Å². The van der Waals surface area contributed by atoms with E-state index in [1.54, 1.807) is 6.26 Å². The predicted octanol–water partition coefficient (Wildman–Crippen LogP) is 5.69. The van der Waals surface area contributed by atoms with Gasteiger partial charge in [-0.25, -0.2) is 5.01 Å². The van der Waals surface area contributed by atoms with Crippen LogP contribution in [-0.4, -0.2) is 37.1 Å². The standard InChI is InChI=1S/C27H23N5O3S/c1-17-8-3-5-10-21(17)31-18(2)28-29-27(31)36-16-26(33)32-22(24-12-7-13-34-24)15-20(30-32)25-14-19-9-4-6-11-23(19)35-25/h3-14,22H,15-16H2,1-2H3. The molecular formula is C27H23N5O3S. The first-order valence-electron chi connectivity index (χ1n) is 11.6. The number of carbonyl (C=O) groups excluding carboxylic acids is 1. The van der Waals surface area contributed by atoms with Crippen LogP contribution in [0.4, 0.5) is 0 Å². The molecule has 1 atom stereocenters. The van der Waals surface area contributed by atoms with Gasteiger partial charge in [-0.05, 0) is 49.7 Å².